The summed E-state index contributed by atoms with van der Waals surface area (Å²) in [4.78, 5) is 0. The van der Waals surface area contributed by atoms with Crippen LogP contribution in [0.15, 0.2) is 57.5 Å². The summed E-state index contributed by atoms with van der Waals surface area (Å²) in [5.41, 5.74) is 2.08. The molecule has 0 bridgehead atoms. The molecular formula is C20H22Br2O5. The van der Waals surface area contributed by atoms with Crippen molar-refractivity contribution in [3.05, 3.63) is 68.6 Å². The highest BCUT2D eigenvalue weighted by atomic mass is 79.9. The van der Waals surface area contributed by atoms with Crippen LogP contribution in [0.25, 0.3) is 0 Å². The van der Waals surface area contributed by atoms with Crippen LogP contribution in [-0.4, -0.2) is 43.4 Å². The van der Waals surface area contributed by atoms with E-state index in [0.29, 0.717) is 19.8 Å². The average Bonchev–Trinajstić information content (AvgIpc) is 2.98. The van der Waals surface area contributed by atoms with E-state index in [0.717, 1.165) is 20.1 Å². The predicted molar refractivity (Wildman–Crippen MR) is 108 cm³/mol. The van der Waals surface area contributed by atoms with Crippen LogP contribution < -0.4 is 0 Å². The van der Waals surface area contributed by atoms with Gasteiger partial charge in [-0.25, -0.2) is 0 Å². The molecule has 5 nitrogen and oxygen atoms in total. The Balaban J connectivity index is 1.55. The first-order valence-electron chi connectivity index (χ1n) is 8.61. The third-order valence-electron chi connectivity index (χ3n) is 4.34. The zero-order valence-electron chi connectivity index (χ0n) is 14.9. The lowest BCUT2D eigenvalue weighted by molar-refractivity contribution is -0.156. The van der Waals surface area contributed by atoms with Crippen molar-refractivity contribution >= 4 is 31.9 Å². The van der Waals surface area contributed by atoms with Gasteiger partial charge in [0.05, 0.1) is 19.8 Å². The second-order valence-corrected chi connectivity index (χ2v) is 8.14. The molecule has 0 amide bonds. The molecule has 0 spiro atoms. The fraction of sp³-hybridized carbons (Fsp3) is 0.400. The highest BCUT2D eigenvalue weighted by Gasteiger charge is 2.44. The van der Waals surface area contributed by atoms with Crippen molar-refractivity contribution in [3.63, 3.8) is 0 Å². The smallest absolute Gasteiger partial charge is 0.186 e. The Hall–Kier alpha value is -0.800. The van der Waals surface area contributed by atoms with Gasteiger partial charge in [-0.3, -0.25) is 0 Å². The fourth-order valence-electron chi connectivity index (χ4n) is 2.89. The summed E-state index contributed by atoms with van der Waals surface area (Å²) in [5, 5.41) is 10.4. The van der Waals surface area contributed by atoms with Crippen LogP contribution in [0.2, 0.25) is 0 Å². The van der Waals surface area contributed by atoms with E-state index in [1.54, 1.807) is 0 Å². The van der Waals surface area contributed by atoms with Gasteiger partial charge in [-0.15, -0.1) is 0 Å². The summed E-state index contributed by atoms with van der Waals surface area (Å²) < 4.78 is 24.7. The number of ether oxygens (including phenoxy) is 4. The first-order valence-corrected chi connectivity index (χ1v) is 10.2. The number of methoxy groups -OCH3 is 1. The summed E-state index contributed by atoms with van der Waals surface area (Å²) >= 11 is 6.83. The van der Waals surface area contributed by atoms with Crippen LogP contribution >= 0.6 is 31.9 Å². The molecule has 0 unspecified atom stereocenters. The maximum Gasteiger partial charge on any atom is 0.186 e. The molecule has 1 aliphatic rings. The number of halogens is 2. The largest absolute Gasteiger partial charge is 0.385 e. The number of aliphatic hydroxyl groups is 1. The van der Waals surface area contributed by atoms with Crippen molar-refractivity contribution in [2.75, 3.05) is 13.7 Å². The van der Waals surface area contributed by atoms with Crippen molar-refractivity contribution in [1.29, 1.82) is 0 Å². The van der Waals surface area contributed by atoms with Gasteiger partial charge in [-0.05, 0) is 35.4 Å². The number of rotatable bonds is 8. The summed E-state index contributed by atoms with van der Waals surface area (Å²) in [7, 11) is 1.50. The second kappa shape index (κ2) is 10.1. The molecule has 3 rings (SSSR count). The van der Waals surface area contributed by atoms with E-state index in [1.165, 1.54) is 7.11 Å². The SMILES string of the molecule is CO[C@H]1O[C@H](COCc2ccc(Br)cc2)[C@@H](OCc2ccc(Br)cc2)[C@H]1O. The Labute approximate surface area is 175 Å². The third kappa shape index (κ3) is 5.84. The van der Waals surface area contributed by atoms with Crippen molar-refractivity contribution in [1.82, 2.24) is 0 Å². The molecule has 0 aromatic heterocycles. The Bertz CT molecular complexity index is 707. The number of hydrogen-bond acceptors (Lipinski definition) is 5. The van der Waals surface area contributed by atoms with Crippen LogP contribution in [0.5, 0.6) is 0 Å². The molecule has 0 aliphatic carbocycles. The van der Waals surface area contributed by atoms with Crippen molar-refractivity contribution in [2.45, 2.75) is 37.8 Å². The van der Waals surface area contributed by atoms with Gasteiger partial charge in [0.2, 0.25) is 0 Å². The van der Waals surface area contributed by atoms with E-state index in [2.05, 4.69) is 31.9 Å². The number of aliphatic hydroxyl groups excluding tert-OH is 1. The molecule has 4 atom stereocenters. The monoisotopic (exact) mass is 500 g/mol. The Kier molecular flexibility index (Phi) is 7.84. The van der Waals surface area contributed by atoms with E-state index < -0.39 is 24.6 Å². The summed E-state index contributed by atoms with van der Waals surface area (Å²) in [6.45, 7) is 1.14. The molecule has 146 valence electrons. The van der Waals surface area contributed by atoms with Gasteiger partial charge < -0.3 is 24.1 Å². The maximum atomic E-state index is 10.4. The van der Waals surface area contributed by atoms with E-state index in [9.17, 15) is 5.11 Å². The molecule has 1 N–H and O–H groups in total. The molecule has 2 aromatic rings. The molecule has 1 saturated heterocycles. The van der Waals surface area contributed by atoms with Crippen LogP contribution in [-0.2, 0) is 32.2 Å². The molecule has 0 radical (unpaired) electrons. The first kappa shape index (κ1) is 20.9. The maximum absolute atomic E-state index is 10.4. The Morgan fingerprint density at radius 2 is 1.48 bits per heavy atom. The van der Waals surface area contributed by atoms with Crippen LogP contribution in [0.1, 0.15) is 11.1 Å². The number of hydrogen-bond donors (Lipinski definition) is 1. The standard InChI is InChI=1S/C20H22Br2O5/c1-24-20-18(23)19(26-11-14-4-8-16(22)9-5-14)17(27-20)12-25-10-13-2-6-15(21)7-3-13/h2-9,17-20,23H,10-12H2,1H3/t17-,18-,19-,20+/m1/s1. The van der Waals surface area contributed by atoms with Gasteiger partial charge in [-0.1, -0.05) is 56.1 Å². The normalized spacial score (nSPS) is 25.0. The zero-order chi connectivity index (χ0) is 19.2. The van der Waals surface area contributed by atoms with Crippen LogP contribution in [0, 0.1) is 0 Å². The highest BCUT2D eigenvalue weighted by Crippen LogP contribution is 2.26. The summed E-state index contributed by atoms with van der Waals surface area (Å²) in [6, 6.07) is 15.8. The third-order valence-corrected chi connectivity index (χ3v) is 5.40. The fourth-order valence-corrected chi connectivity index (χ4v) is 3.42. The molecule has 2 aromatic carbocycles. The van der Waals surface area contributed by atoms with Gasteiger partial charge in [-0.2, -0.15) is 0 Å². The lowest BCUT2D eigenvalue weighted by Gasteiger charge is -2.21. The quantitative estimate of drug-likeness (QED) is 0.591. The topological polar surface area (TPSA) is 57.2 Å². The molecule has 1 heterocycles. The van der Waals surface area contributed by atoms with E-state index in [-0.39, 0.29) is 0 Å². The van der Waals surface area contributed by atoms with Crippen LogP contribution in [0.3, 0.4) is 0 Å². The molecule has 7 heteroatoms. The Morgan fingerprint density at radius 3 is 2.04 bits per heavy atom. The minimum absolute atomic E-state index is 0.304. The molecular weight excluding hydrogens is 480 g/mol. The lowest BCUT2D eigenvalue weighted by atomic mass is 10.1. The van der Waals surface area contributed by atoms with Gasteiger partial charge in [0, 0.05) is 16.1 Å². The summed E-state index contributed by atoms with van der Waals surface area (Å²) in [6.07, 6.45) is -2.52. The lowest BCUT2D eigenvalue weighted by Crippen LogP contribution is -2.37. The van der Waals surface area contributed by atoms with Crippen LogP contribution in [0.4, 0.5) is 0 Å². The average molecular weight is 502 g/mol. The first-order chi connectivity index (χ1) is 13.1. The molecule has 27 heavy (non-hydrogen) atoms. The molecule has 1 aliphatic heterocycles. The summed E-state index contributed by atoms with van der Waals surface area (Å²) in [5.74, 6) is 0. The minimum atomic E-state index is -0.869. The van der Waals surface area contributed by atoms with Crippen molar-refractivity contribution < 1.29 is 24.1 Å². The molecule has 1 fully saturated rings. The van der Waals surface area contributed by atoms with Crippen molar-refractivity contribution in [2.24, 2.45) is 0 Å². The van der Waals surface area contributed by atoms with Crippen molar-refractivity contribution in [3.8, 4) is 0 Å². The molecule has 0 saturated carbocycles. The minimum Gasteiger partial charge on any atom is -0.385 e. The number of benzene rings is 2. The van der Waals surface area contributed by atoms with Gasteiger partial charge in [0.25, 0.3) is 0 Å². The van der Waals surface area contributed by atoms with Gasteiger partial charge in [0.15, 0.2) is 6.29 Å². The van der Waals surface area contributed by atoms with E-state index in [4.69, 9.17) is 18.9 Å². The highest BCUT2D eigenvalue weighted by molar-refractivity contribution is 9.10. The van der Waals surface area contributed by atoms with E-state index >= 15 is 0 Å². The van der Waals surface area contributed by atoms with E-state index in [1.807, 2.05) is 48.5 Å². The van der Waals surface area contributed by atoms with Gasteiger partial charge in [0.1, 0.15) is 18.3 Å². The Morgan fingerprint density at radius 1 is 0.926 bits per heavy atom. The predicted octanol–water partition coefficient (Wildman–Crippen LogP) is 4.05. The second-order valence-electron chi connectivity index (χ2n) is 6.31. The zero-order valence-corrected chi connectivity index (χ0v) is 18.1. The van der Waals surface area contributed by atoms with Gasteiger partial charge >= 0.3 is 0 Å².